The Balaban J connectivity index is 1.98. The zero-order chi connectivity index (χ0) is 18.6. The molecule has 0 amide bonds. The molecule has 1 aliphatic heterocycles. The molecular weight excluding hydrogens is 367 g/mol. The van der Waals surface area contributed by atoms with Crippen LogP contribution in [0, 0.1) is 0 Å². The lowest BCUT2D eigenvalue weighted by Crippen LogP contribution is -2.29. The van der Waals surface area contributed by atoms with Crippen molar-refractivity contribution in [2.75, 3.05) is 12.3 Å². The predicted octanol–water partition coefficient (Wildman–Crippen LogP) is 0.124. The molecular formula is C11H14F2N5O6P. The summed E-state index contributed by atoms with van der Waals surface area (Å²) in [6, 6.07) is 0. The first-order valence-electron chi connectivity index (χ1n) is 6.88. The highest BCUT2D eigenvalue weighted by atomic mass is 31.2. The standard InChI is InChI=1S/C11H14F2N5O6P/c1-10(12)2-11(13,3-23-25(20,21)22)24-8(10)18-4-15-5-6(18)16-9(14)17-7(5)19/h4,8H,2-3H2,1H3,(H2,20,21,22)(H3,14,16,17,19). The SMILES string of the molecule is CC1(F)CC(F)(COP(=O)(O)O)OC1n1cnc2c(=O)[nH]c(N)nc21. The van der Waals surface area contributed by atoms with Gasteiger partial charge in [-0.05, 0) is 6.92 Å². The van der Waals surface area contributed by atoms with E-state index in [0.717, 1.165) is 17.8 Å². The molecule has 0 bridgehead atoms. The fourth-order valence-electron chi connectivity index (χ4n) is 2.70. The monoisotopic (exact) mass is 381 g/mol. The predicted molar refractivity (Wildman–Crippen MR) is 78.6 cm³/mol. The maximum Gasteiger partial charge on any atom is 0.469 e. The Hall–Kier alpha value is -1.92. The van der Waals surface area contributed by atoms with E-state index in [1.807, 2.05) is 0 Å². The average Bonchev–Trinajstić information content (AvgIpc) is 2.95. The van der Waals surface area contributed by atoms with Crippen molar-refractivity contribution in [1.82, 2.24) is 19.5 Å². The van der Waals surface area contributed by atoms with E-state index in [9.17, 15) is 18.1 Å². The molecule has 3 atom stereocenters. The van der Waals surface area contributed by atoms with Gasteiger partial charge in [-0.25, -0.2) is 18.3 Å². The molecule has 25 heavy (non-hydrogen) atoms. The minimum absolute atomic E-state index is 0.129. The average molecular weight is 381 g/mol. The summed E-state index contributed by atoms with van der Waals surface area (Å²) in [5, 5.41) is 0. The number of anilines is 1. The van der Waals surface area contributed by atoms with Crippen LogP contribution < -0.4 is 11.3 Å². The normalized spacial score (nSPS) is 30.2. The van der Waals surface area contributed by atoms with E-state index in [-0.39, 0.29) is 17.1 Å². The van der Waals surface area contributed by atoms with Crippen molar-refractivity contribution in [3.8, 4) is 0 Å². The second-order valence-corrected chi connectivity index (χ2v) is 7.09. The minimum Gasteiger partial charge on any atom is -0.369 e. The number of ether oxygens (including phenoxy) is 1. The quantitative estimate of drug-likeness (QED) is 0.538. The third-order valence-corrected chi connectivity index (χ3v) is 4.06. The van der Waals surface area contributed by atoms with E-state index in [4.69, 9.17) is 20.3 Å². The van der Waals surface area contributed by atoms with Crippen LogP contribution in [-0.4, -0.2) is 47.4 Å². The first kappa shape index (κ1) is 17.9. The lowest BCUT2D eigenvalue weighted by Gasteiger charge is -2.22. The Labute approximate surface area is 138 Å². The zero-order valence-corrected chi connectivity index (χ0v) is 13.6. The summed E-state index contributed by atoms with van der Waals surface area (Å²) >= 11 is 0. The van der Waals surface area contributed by atoms with Gasteiger partial charge in [0.1, 0.15) is 6.61 Å². The van der Waals surface area contributed by atoms with Crippen molar-refractivity contribution in [2.45, 2.75) is 31.1 Å². The highest BCUT2D eigenvalue weighted by Gasteiger charge is 2.57. The zero-order valence-electron chi connectivity index (χ0n) is 12.7. The number of nitrogens with two attached hydrogens (primary N) is 1. The van der Waals surface area contributed by atoms with Crippen LogP contribution in [0.15, 0.2) is 11.1 Å². The number of phosphoric ester groups is 1. The molecule has 3 heterocycles. The molecule has 1 aliphatic rings. The number of H-pyrrole nitrogens is 1. The highest BCUT2D eigenvalue weighted by Crippen LogP contribution is 2.49. The first-order valence-corrected chi connectivity index (χ1v) is 8.41. The molecule has 14 heteroatoms. The van der Waals surface area contributed by atoms with Crippen molar-refractivity contribution >= 4 is 24.9 Å². The number of nitrogen functional groups attached to an aromatic ring is 1. The van der Waals surface area contributed by atoms with E-state index in [1.54, 1.807) is 0 Å². The van der Waals surface area contributed by atoms with Crippen LogP contribution in [0.1, 0.15) is 19.6 Å². The molecule has 1 fully saturated rings. The van der Waals surface area contributed by atoms with Crippen LogP contribution in [0.5, 0.6) is 0 Å². The third-order valence-electron chi connectivity index (χ3n) is 3.60. The summed E-state index contributed by atoms with van der Waals surface area (Å²) in [6.07, 6.45) is -1.45. The maximum absolute atomic E-state index is 14.9. The fraction of sp³-hybridized carbons (Fsp3) is 0.545. The summed E-state index contributed by atoms with van der Waals surface area (Å²) in [7, 11) is -4.97. The van der Waals surface area contributed by atoms with Gasteiger partial charge in [-0.1, -0.05) is 0 Å². The molecule has 0 spiro atoms. The van der Waals surface area contributed by atoms with Crippen molar-refractivity contribution in [3.05, 3.63) is 16.7 Å². The van der Waals surface area contributed by atoms with E-state index in [1.165, 1.54) is 0 Å². The number of aromatic amines is 1. The van der Waals surface area contributed by atoms with Crippen LogP contribution in [-0.2, 0) is 13.8 Å². The fourth-order valence-corrected chi connectivity index (χ4v) is 3.06. The van der Waals surface area contributed by atoms with Gasteiger partial charge >= 0.3 is 7.82 Å². The van der Waals surface area contributed by atoms with Gasteiger partial charge in [-0.3, -0.25) is 18.9 Å². The molecule has 138 valence electrons. The first-order chi connectivity index (χ1) is 11.4. The summed E-state index contributed by atoms with van der Waals surface area (Å²) in [5.41, 5.74) is 2.17. The molecule has 5 N–H and O–H groups in total. The second kappa shape index (κ2) is 5.54. The second-order valence-electron chi connectivity index (χ2n) is 5.85. The number of phosphoric acid groups is 1. The Morgan fingerprint density at radius 2 is 2.28 bits per heavy atom. The van der Waals surface area contributed by atoms with E-state index in [2.05, 4.69) is 19.5 Å². The topological polar surface area (TPSA) is 166 Å². The molecule has 3 rings (SSSR count). The van der Waals surface area contributed by atoms with Crippen LogP contribution in [0.25, 0.3) is 11.2 Å². The van der Waals surface area contributed by atoms with Crippen LogP contribution in [0.2, 0.25) is 0 Å². The van der Waals surface area contributed by atoms with E-state index >= 15 is 0 Å². The van der Waals surface area contributed by atoms with Gasteiger partial charge in [0, 0.05) is 6.42 Å². The van der Waals surface area contributed by atoms with Gasteiger partial charge in [-0.15, -0.1) is 0 Å². The number of hydrogen-bond donors (Lipinski definition) is 4. The maximum atomic E-state index is 14.9. The lowest BCUT2D eigenvalue weighted by atomic mass is 10.0. The van der Waals surface area contributed by atoms with Gasteiger partial charge in [0.2, 0.25) is 11.8 Å². The smallest absolute Gasteiger partial charge is 0.369 e. The number of hydrogen-bond acceptors (Lipinski definition) is 7. The molecule has 11 nitrogen and oxygen atoms in total. The van der Waals surface area contributed by atoms with Gasteiger partial charge < -0.3 is 20.3 Å². The molecule has 3 unspecified atom stereocenters. The Morgan fingerprint density at radius 1 is 1.60 bits per heavy atom. The number of rotatable bonds is 4. The lowest BCUT2D eigenvalue weighted by molar-refractivity contribution is -0.178. The molecule has 2 aromatic heterocycles. The Morgan fingerprint density at radius 3 is 2.92 bits per heavy atom. The molecule has 0 aromatic carbocycles. The van der Waals surface area contributed by atoms with Gasteiger partial charge in [-0.2, -0.15) is 4.98 Å². The van der Waals surface area contributed by atoms with Gasteiger partial charge in [0.05, 0.1) is 6.33 Å². The van der Waals surface area contributed by atoms with Crippen molar-refractivity contribution in [3.63, 3.8) is 0 Å². The van der Waals surface area contributed by atoms with Gasteiger partial charge in [0.25, 0.3) is 5.56 Å². The van der Waals surface area contributed by atoms with E-state index < -0.39 is 44.2 Å². The van der Waals surface area contributed by atoms with Gasteiger partial charge in [0.15, 0.2) is 23.1 Å². The summed E-state index contributed by atoms with van der Waals surface area (Å²) in [6.45, 7) is -0.158. The van der Waals surface area contributed by atoms with Crippen molar-refractivity contribution < 1.29 is 32.4 Å². The molecule has 0 aliphatic carbocycles. The van der Waals surface area contributed by atoms with Crippen molar-refractivity contribution in [2.24, 2.45) is 0 Å². The number of aromatic nitrogens is 4. The molecule has 0 radical (unpaired) electrons. The highest BCUT2D eigenvalue weighted by molar-refractivity contribution is 7.46. The summed E-state index contributed by atoms with van der Waals surface area (Å²) in [4.78, 5) is 38.9. The number of fused-ring (bicyclic) bond motifs is 1. The molecule has 2 aromatic rings. The largest absolute Gasteiger partial charge is 0.469 e. The summed E-state index contributed by atoms with van der Waals surface area (Å²) in [5.74, 6) is -3.06. The van der Waals surface area contributed by atoms with Crippen LogP contribution >= 0.6 is 7.82 Å². The number of halogens is 2. The number of imidazole rings is 1. The van der Waals surface area contributed by atoms with E-state index in [0.29, 0.717) is 0 Å². The molecule has 0 saturated carbocycles. The summed E-state index contributed by atoms with van der Waals surface area (Å²) < 4.78 is 50.4. The minimum atomic E-state index is -4.97. The van der Waals surface area contributed by atoms with Crippen LogP contribution in [0.3, 0.4) is 0 Å². The Bertz CT molecular complexity index is 925. The van der Waals surface area contributed by atoms with Crippen LogP contribution in [0.4, 0.5) is 14.7 Å². The van der Waals surface area contributed by atoms with Crippen molar-refractivity contribution in [1.29, 1.82) is 0 Å². The number of alkyl halides is 2. The molecule has 1 saturated heterocycles. The third kappa shape index (κ3) is 3.41. The number of nitrogens with one attached hydrogen (secondary N) is 1. The number of nitrogens with zero attached hydrogens (tertiary/aromatic N) is 3. The Kier molecular flexibility index (Phi) is 3.96.